The first kappa shape index (κ1) is 20.8. The van der Waals surface area contributed by atoms with Crippen LogP contribution < -0.4 is 5.73 Å². The number of aryl methyl sites for hydroxylation is 1. The smallest absolute Gasteiger partial charge is 0.121 e. The number of ether oxygens (including phenoxy) is 1. The van der Waals surface area contributed by atoms with Gasteiger partial charge < -0.3 is 15.6 Å². The average Bonchev–Trinajstić information content (AvgIpc) is 3.28. The zero-order chi connectivity index (χ0) is 20.9. The summed E-state index contributed by atoms with van der Waals surface area (Å²) in [6, 6.07) is 1.90. The van der Waals surface area contributed by atoms with Crippen molar-refractivity contribution in [1.29, 1.82) is 0 Å². The van der Waals surface area contributed by atoms with E-state index in [0.29, 0.717) is 17.9 Å². The van der Waals surface area contributed by atoms with Gasteiger partial charge in [0.15, 0.2) is 0 Å². The lowest BCUT2D eigenvalue weighted by atomic mass is 9.49. The molecule has 5 rings (SSSR count). The minimum atomic E-state index is -0.571. The molecule has 168 valence electrons. The molecular weight excluding hydrogens is 374 g/mol. The van der Waals surface area contributed by atoms with Crippen LogP contribution in [0.25, 0.3) is 0 Å². The van der Waals surface area contributed by atoms with Crippen molar-refractivity contribution < 1.29 is 9.84 Å². The zero-order valence-electron chi connectivity index (χ0n) is 18.9. The normalized spacial score (nSPS) is 45.6. The molecule has 0 spiro atoms. The van der Waals surface area contributed by atoms with Crippen molar-refractivity contribution in [2.45, 2.75) is 83.3 Å². The summed E-state index contributed by atoms with van der Waals surface area (Å²) in [5.41, 5.74) is 5.98. The highest BCUT2D eigenvalue weighted by atomic mass is 16.5. The molecule has 0 bridgehead atoms. The highest BCUT2D eigenvalue weighted by molar-refractivity contribution is 5.25. The van der Waals surface area contributed by atoms with Gasteiger partial charge in [0, 0.05) is 13.7 Å². The van der Waals surface area contributed by atoms with Crippen molar-refractivity contribution in [2.24, 2.45) is 40.9 Å². The SMILES string of the molecule is COC[C@@]1(O)CC[C@H]2[C@H](CC[C@@H]3[C@@H]2CC[C@]2(C)[C@@H](CCn4nccc4N)CC[C@@H]32)C1. The van der Waals surface area contributed by atoms with E-state index >= 15 is 0 Å². The topological polar surface area (TPSA) is 73.3 Å². The number of rotatable bonds is 5. The molecular formula is C25H41N3O2. The molecule has 5 nitrogen and oxygen atoms in total. The van der Waals surface area contributed by atoms with Gasteiger partial charge in [0.1, 0.15) is 5.82 Å². The van der Waals surface area contributed by atoms with Crippen molar-refractivity contribution >= 4 is 5.82 Å². The Morgan fingerprint density at radius 1 is 1.13 bits per heavy atom. The predicted octanol–water partition coefficient (Wildman–Crippen LogP) is 4.50. The van der Waals surface area contributed by atoms with Gasteiger partial charge in [0.05, 0.1) is 18.4 Å². The van der Waals surface area contributed by atoms with E-state index in [4.69, 9.17) is 10.5 Å². The maximum Gasteiger partial charge on any atom is 0.121 e. The molecule has 4 aliphatic rings. The highest BCUT2D eigenvalue weighted by Gasteiger charge is 2.57. The van der Waals surface area contributed by atoms with Crippen molar-refractivity contribution in [3.8, 4) is 0 Å². The van der Waals surface area contributed by atoms with E-state index in [2.05, 4.69) is 12.0 Å². The molecule has 0 saturated heterocycles. The molecule has 3 N–H and O–H groups in total. The second-order valence-corrected chi connectivity index (χ2v) is 11.4. The third-order valence-electron chi connectivity index (χ3n) is 10.2. The maximum absolute atomic E-state index is 10.9. The molecule has 0 radical (unpaired) electrons. The van der Waals surface area contributed by atoms with E-state index in [1.54, 1.807) is 7.11 Å². The van der Waals surface area contributed by atoms with Gasteiger partial charge in [-0.3, -0.25) is 4.68 Å². The third kappa shape index (κ3) is 3.40. The molecule has 0 aliphatic heterocycles. The van der Waals surface area contributed by atoms with Gasteiger partial charge in [-0.25, -0.2) is 0 Å². The predicted molar refractivity (Wildman–Crippen MR) is 119 cm³/mol. The summed E-state index contributed by atoms with van der Waals surface area (Å²) in [5, 5.41) is 15.3. The Morgan fingerprint density at radius 2 is 1.97 bits per heavy atom. The fourth-order valence-corrected chi connectivity index (χ4v) is 8.75. The molecule has 4 saturated carbocycles. The van der Waals surface area contributed by atoms with Gasteiger partial charge in [-0.05, 0) is 111 Å². The Morgan fingerprint density at radius 3 is 2.73 bits per heavy atom. The average molecular weight is 416 g/mol. The number of aliphatic hydroxyl groups is 1. The Bertz CT molecular complexity index is 751. The number of nitrogens with two attached hydrogens (primary N) is 1. The summed E-state index contributed by atoms with van der Waals surface area (Å²) in [4.78, 5) is 0. The largest absolute Gasteiger partial charge is 0.387 e. The summed E-state index contributed by atoms with van der Waals surface area (Å²) in [6.45, 7) is 4.08. The number of hydrogen-bond acceptors (Lipinski definition) is 4. The van der Waals surface area contributed by atoms with Gasteiger partial charge in [0.25, 0.3) is 0 Å². The van der Waals surface area contributed by atoms with Crippen LogP contribution in [0.4, 0.5) is 5.82 Å². The van der Waals surface area contributed by atoms with E-state index in [0.717, 1.165) is 54.8 Å². The molecule has 1 aromatic rings. The van der Waals surface area contributed by atoms with E-state index in [9.17, 15) is 5.11 Å². The Hall–Kier alpha value is -1.07. The minimum Gasteiger partial charge on any atom is -0.387 e. The van der Waals surface area contributed by atoms with E-state index < -0.39 is 5.60 Å². The molecule has 1 heterocycles. The molecule has 0 unspecified atom stereocenters. The first-order chi connectivity index (χ1) is 14.4. The fraction of sp³-hybridized carbons (Fsp3) is 0.880. The van der Waals surface area contributed by atoms with Crippen LogP contribution in [0.3, 0.4) is 0 Å². The lowest BCUT2D eigenvalue weighted by Crippen LogP contribution is -2.51. The van der Waals surface area contributed by atoms with Crippen LogP contribution in [-0.4, -0.2) is 34.2 Å². The van der Waals surface area contributed by atoms with Gasteiger partial charge in [-0.2, -0.15) is 5.10 Å². The molecule has 5 heteroatoms. The Kier molecular flexibility index (Phi) is 5.42. The van der Waals surface area contributed by atoms with Crippen LogP contribution in [-0.2, 0) is 11.3 Å². The first-order valence-electron chi connectivity index (χ1n) is 12.4. The van der Waals surface area contributed by atoms with Crippen molar-refractivity contribution in [3.63, 3.8) is 0 Å². The third-order valence-corrected chi connectivity index (χ3v) is 10.2. The van der Waals surface area contributed by atoms with Gasteiger partial charge in [0.2, 0.25) is 0 Å². The van der Waals surface area contributed by atoms with Crippen molar-refractivity contribution in [3.05, 3.63) is 12.3 Å². The number of nitrogens with zero attached hydrogens (tertiary/aromatic N) is 2. The van der Waals surface area contributed by atoms with Gasteiger partial charge >= 0.3 is 0 Å². The quantitative estimate of drug-likeness (QED) is 0.742. The van der Waals surface area contributed by atoms with Crippen LogP contribution in [0, 0.1) is 40.9 Å². The molecule has 1 aromatic heterocycles. The number of fused-ring (bicyclic) bond motifs is 5. The van der Waals surface area contributed by atoms with E-state index in [1.807, 2.05) is 16.9 Å². The lowest BCUT2D eigenvalue weighted by molar-refractivity contribution is -0.124. The maximum atomic E-state index is 10.9. The zero-order valence-corrected chi connectivity index (χ0v) is 18.9. The number of nitrogen functional groups attached to an aromatic ring is 1. The summed E-state index contributed by atoms with van der Waals surface area (Å²) >= 11 is 0. The molecule has 0 aromatic carbocycles. The molecule has 4 fully saturated rings. The van der Waals surface area contributed by atoms with Crippen LogP contribution in [0.15, 0.2) is 12.3 Å². The summed E-state index contributed by atoms with van der Waals surface area (Å²) in [7, 11) is 1.72. The van der Waals surface area contributed by atoms with E-state index in [1.165, 1.54) is 51.4 Å². The second-order valence-electron chi connectivity index (χ2n) is 11.4. The number of methoxy groups -OCH3 is 1. The standard InChI is InChI=1S/C25H41N3O2/c1-24-11-7-20-19-8-12-25(29,16-30-2)15-17(19)3-5-21(20)22(24)6-4-18(24)10-14-28-23(26)9-13-27-28/h9,13,17-22,29H,3-8,10-12,14-16,26H2,1-2H3/t17-,18-,19+,20-,21-,22+,24-,25-/m1/s1. The fourth-order valence-electron chi connectivity index (χ4n) is 8.75. The summed E-state index contributed by atoms with van der Waals surface area (Å²) in [6.07, 6.45) is 14.4. The van der Waals surface area contributed by atoms with Crippen LogP contribution >= 0.6 is 0 Å². The number of anilines is 1. The summed E-state index contributed by atoms with van der Waals surface area (Å²) in [5.74, 6) is 5.87. The molecule has 30 heavy (non-hydrogen) atoms. The van der Waals surface area contributed by atoms with E-state index in [-0.39, 0.29) is 0 Å². The summed E-state index contributed by atoms with van der Waals surface area (Å²) < 4.78 is 7.33. The lowest BCUT2D eigenvalue weighted by Gasteiger charge is -2.57. The molecule has 0 amide bonds. The minimum absolute atomic E-state index is 0.501. The van der Waals surface area contributed by atoms with Crippen molar-refractivity contribution in [1.82, 2.24) is 9.78 Å². The van der Waals surface area contributed by atoms with Crippen LogP contribution in [0.5, 0.6) is 0 Å². The Balaban J connectivity index is 1.26. The highest BCUT2D eigenvalue weighted by Crippen LogP contribution is 2.65. The second kappa shape index (κ2) is 7.81. The molecule has 4 aliphatic carbocycles. The molecule has 8 atom stereocenters. The monoisotopic (exact) mass is 415 g/mol. The Labute approximate surface area is 181 Å². The first-order valence-corrected chi connectivity index (χ1v) is 12.4. The van der Waals surface area contributed by atoms with Crippen LogP contribution in [0.1, 0.15) is 71.1 Å². The number of aromatic nitrogens is 2. The van der Waals surface area contributed by atoms with Gasteiger partial charge in [-0.15, -0.1) is 0 Å². The van der Waals surface area contributed by atoms with Crippen molar-refractivity contribution in [2.75, 3.05) is 19.5 Å². The van der Waals surface area contributed by atoms with Crippen LogP contribution in [0.2, 0.25) is 0 Å². The van der Waals surface area contributed by atoms with Gasteiger partial charge in [-0.1, -0.05) is 6.92 Å². The number of hydrogen-bond donors (Lipinski definition) is 2.